The fraction of sp³-hybridized carbons (Fsp3) is 0.0526. The topological polar surface area (TPSA) is 52.5 Å². The molecule has 112 valence electrons. The molecule has 0 atom stereocenters. The molecule has 2 aromatic carbocycles. The van der Waals surface area contributed by atoms with Crippen LogP contribution in [0.5, 0.6) is 0 Å². The first kappa shape index (κ1) is 14.7. The van der Waals surface area contributed by atoms with E-state index < -0.39 is 0 Å². The average Bonchev–Trinajstić information content (AvgIpc) is 3.10. The zero-order valence-corrected chi connectivity index (χ0v) is 12.3. The summed E-state index contributed by atoms with van der Waals surface area (Å²) >= 11 is 0. The number of allylic oxidation sites excluding steroid dienone is 1. The fourth-order valence-corrected chi connectivity index (χ4v) is 2.37. The minimum Gasteiger partial charge on any atom is -0.351 e. The molecule has 0 bridgehead atoms. The standard InChI is InChI=1S/C19H14FN3/c20-17-7-5-16(6-8-17)19(10-9-18-12-22-13-23-18)15-3-1-14(11-21)2-4-15/h1-8,10,12-13H,9H2,(H,22,23)/b19-10-. The predicted octanol–water partition coefficient (Wildman–Crippen LogP) is 4.09. The second-order valence-corrected chi connectivity index (χ2v) is 5.08. The number of H-pyrrole nitrogens is 1. The van der Waals surface area contributed by atoms with Crippen LogP contribution in [-0.4, -0.2) is 9.97 Å². The second kappa shape index (κ2) is 6.71. The number of imidazole rings is 1. The number of nitrogens with one attached hydrogen (secondary N) is 1. The fourth-order valence-electron chi connectivity index (χ4n) is 2.37. The molecule has 0 saturated carbocycles. The Morgan fingerprint density at radius 1 is 1.09 bits per heavy atom. The van der Waals surface area contributed by atoms with Crippen LogP contribution in [0, 0.1) is 17.1 Å². The summed E-state index contributed by atoms with van der Waals surface area (Å²) in [5, 5.41) is 8.93. The molecule has 0 aliphatic carbocycles. The lowest BCUT2D eigenvalue weighted by Crippen LogP contribution is -1.91. The number of nitriles is 1. The zero-order chi connectivity index (χ0) is 16.1. The van der Waals surface area contributed by atoms with Gasteiger partial charge in [-0.05, 0) is 41.0 Å². The molecule has 3 rings (SSSR count). The summed E-state index contributed by atoms with van der Waals surface area (Å²) in [5.41, 5.74) is 4.42. The number of rotatable bonds is 4. The van der Waals surface area contributed by atoms with Crippen LogP contribution in [0.25, 0.3) is 5.57 Å². The quantitative estimate of drug-likeness (QED) is 0.789. The third-order valence-electron chi connectivity index (χ3n) is 3.55. The van der Waals surface area contributed by atoms with Gasteiger partial charge in [0.2, 0.25) is 0 Å². The molecule has 3 aromatic rings. The Labute approximate surface area is 133 Å². The minimum absolute atomic E-state index is 0.264. The van der Waals surface area contributed by atoms with E-state index >= 15 is 0 Å². The largest absolute Gasteiger partial charge is 0.351 e. The molecule has 0 aliphatic rings. The van der Waals surface area contributed by atoms with Gasteiger partial charge >= 0.3 is 0 Å². The van der Waals surface area contributed by atoms with Gasteiger partial charge in [0.15, 0.2) is 0 Å². The summed E-state index contributed by atoms with van der Waals surface area (Å²) in [7, 11) is 0. The maximum Gasteiger partial charge on any atom is 0.123 e. The smallest absolute Gasteiger partial charge is 0.123 e. The Balaban J connectivity index is 1.99. The second-order valence-electron chi connectivity index (χ2n) is 5.08. The minimum atomic E-state index is -0.264. The van der Waals surface area contributed by atoms with Crippen molar-refractivity contribution in [2.45, 2.75) is 6.42 Å². The van der Waals surface area contributed by atoms with Crippen molar-refractivity contribution in [3.8, 4) is 6.07 Å². The van der Waals surface area contributed by atoms with Gasteiger partial charge in [-0.3, -0.25) is 0 Å². The Hall–Kier alpha value is -3.19. The van der Waals surface area contributed by atoms with Crippen LogP contribution < -0.4 is 0 Å². The maximum atomic E-state index is 13.2. The molecule has 0 spiro atoms. The monoisotopic (exact) mass is 303 g/mol. The van der Waals surface area contributed by atoms with Crippen LogP contribution in [0.3, 0.4) is 0 Å². The van der Waals surface area contributed by atoms with E-state index in [9.17, 15) is 4.39 Å². The van der Waals surface area contributed by atoms with Gasteiger partial charge < -0.3 is 4.98 Å². The molecule has 0 fully saturated rings. The van der Waals surface area contributed by atoms with Crippen LogP contribution in [0.15, 0.2) is 67.1 Å². The van der Waals surface area contributed by atoms with Crippen molar-refractivity contribution < 1.29 is 4.39 Å². The van der Waals surface area contributed by atoms with Crippen molar-refractivity contribution in [1.82, 2.24) is 9.97 Å². The third-order valence-corrected chi connectivity index (χ3v) is 3.55. The normalized spacial score (nSPS) is 11.2. The van der Waals surface area contributed by atoms with Gasteiger partial charge in [-0.15, -0.1) is 0 Å². The highest BCUT2D eigenvalue weighted by Crippen LogP contribution is 2.24. The molecule has 0 radical (unpaired) electrons. The number of aromatic amines is 1. The summed E-state index contributed by atoms with van der Waals surface area (Å²) in [4.78, 5) is 7.14. The van der Waals surface area contributed by atoms with E-state index in [1.165, 1.54) is 12.1 Å². The Bertz CT molecular complexity index is 839. The van der Waals surface area contributed by atoms with E-state index in [-0.39, 0.29) is 5.82 Å². The van der Waals surface area contributed by atoms with Crippen molar-refractivity contribution in [3.05, 3.63) is 95.3 Å². The van der Waals surface area contributed by atoms with Crippen molar-refractivity contribution in [2.24, 2.45) is 0 Å². The maximum absolute atomic E-state index is 13.2. The first-order valence-corrected chi connectivity index (χ1v) is 7.20. The van der Waals surface area contributed by atoms with Crippen LogP contribution in [-0.2, 0) is 6.42 Å². The molecule has 0 amide bonds. The lowest BCUT2D eigenvalue weighted by Gasteiger charge is -2.09. The molecule has 0 aliphatic heterocycles. The van der Waals surface area contributed by atoms with Crippen LogP contribution in [0.2, 0.25) is 0 Å². The molecule has 0 unspecified atom stereocenters. The van der Waals surface area contributed by atoms with Crippen LogP contribution in [0.1, 0.15) is 22.4 Å². The van der Waals surface area contributed by atoms with Crippen molar-refractivity contribution in [1.29, 1.82) is 5.26 Å². The third kappa shape index (κ3) is 3.53. The van der Waals surface area contributed by atoms with E-state index in [0.717, 1.165) is 22.4 Å². The molecule has 1 heterocycles. The van der Waals surface area contributed by atoms with Gasteiger partial charge in [0.05, 0.1) is 23.7 Å². The van der Waals surface area contributed by atoms with Gasteiger partial charge in [-0.2, -0.15) is 5.26 Å². The van der Waals surface area contributed by atoms with Gasteiger partial charge in [0, 0.05) is 12.6 Å². The summed E-state index contributed by atoms with van der Waals surface area (Å²) in [6, 6.07) is 15.9. The number of halogens is 1. The zero-order valence-electron chi connectivity index (χ0n) is 12.3. The van der Waals surface area contributed by atoms with E-state index in [0.29, 0.717) is 12.0 Å². The molecule has 1 aromatic heterocycles. The van der Waals surface area contributed by atoms with Crippen molar-refractivity contribution >= 4 is 5.57 Å². The molecule has 4 heteroatoms. The lowest BCUT2D eigenvalue weighted by atomic mass is 9.96. The predicted molar refractivity (Wildman–Crippen MR) is 86.9 cm³/mol. The molecule has 1 N–H and O–H groups in total. The molecular weight excluding hydrogens is 289 g/mol. The van der Waals surface area contributed by atoms with Crippen molar-refractivity contribution in [3.63, 3.8) is 0 Å². The Morgan fingerprint density at radius 3 is 2.30 bits per heavy atom. The van der Waals surface area contributed by atoms with E-state index in [1.54, 1.807) is 30.6 Å². The first-order valence-electron chi connectivity index (χ1n) is 7.20. The van der Waals surface area contributed by atoms with Gasteiger partial charge in [-0.25, -0.2) is 9.37 Å². The summed E-state index contributed by atoms with van der Waals surface area (Å²) in [5.74, 6) is -0.264. The SMILES string of the molecule is N#Cc1ccc(/C(=C/Cc2c[nH]cn2)c2ccc(F)cc2)cc1. The average molecular weight is 303 g/mol. The highest BCUT2D eigenvalue weighted by molar-refractivity contribution is 5.80. The number of aromatic nitrogens is 2. The molecule has 0 saturated heterocycles. The Morgan fingerprint density at radius 2 is 1.74 bits per heavy atom. The summed E-state index contributed by atoms with van der Waals surface area (Å²) in [6.45, 7) is 0. The van der Waals surface area contributed by atoms with E-state index in [2.05, 4.69) is 22.1 Å². The van der Waals surface area contributed by atoms with E-state index in [4.69, 9.17) is 5.26 Å². The summed E-state index contributed by atoms with van der Waals surface area (Å²) in [6.07, 6.45) is 6.21. The number of benzene rings is 2. The van der Waals surface area contributed by atoms with Gasteiger partial charge in [0.1, 0.15) is 5.82 Å². The highest BCUT2D eigenvalue weighted by Gasteiger charge is 2.06. The van der Waals surface area contributed by atoms with Gasteiger partial charge in [0.25, 0.3) is 0 Å². The molecule has 23 heavy (non-hydrogen) atoms. The number of nitrogens with zero attached hydrogens (tertiary/aromatic N) is 2. The Kier molecular flexibility index (Phi) is 4.30. The van der Waals surface area contributed by atoms with E-state index in [1.807, 2.05) is 18.3 Å². The number of hydrogen-bond acceptors (Lipinski definition) is 2. The molecular formula is C19H14FN3. The number of hydrogen-bond donors (Lipinski definition) is 1. The first-order chi connectivity index (χ1) is 11.3. The van der Waals surface area contributed by atoms with Gasteiger partial charge in [-0.1, -0.05) is 30.3 Å². The summed E-state index contributed by atoms with van der Waals surface area (Å²) < 4.78 is 13.2. The van der Waals surface area contributed by atoms with Crippen LogP contribution in [0.4, 0.5) is 4.39 Å². The molecule has 3 nitrogen and oxygen atoms in total. The highest BCUT2D eigenvalue weighted by atomic mass is 19.1. The van der Waals surface area contributed by atoms with Crippen LogP contribution >= 0.6 is 0 Å². The van der Waals surface area contributed by atoms with Crippen molar-refractivity contribution in [2.75, 3.05) is 0 Å². The lowest BCUT2D eigenvalue weighted by molar-refractivity contribution is 0.627.